The topological polar surface area (TPSA) is 30.2 Å². The Morgan fingerprint density at radius 1 is 1.14 bits per heavy atom. The smallest absolute Gasteiger partial charge is 0.228 e. The molecule has 1 aromatic heterocycles. The number of benzene rings is 1. The molecule has 0 bridgehead atoms. The molecule has 70 valence electrons. The van der Waals surface area contributed by atoms with Gasteiger partial charge in [0.05, 0.1) is 6.26 Å². The van der Waals surface area contributed by atoms with Gasteiger partial charge in [0.25, 0.3) is 0 Å². The first kappa shape index (κ1) is 9.45. The Bertz CT molecular complexity index is 429. The Balaban J connectivity index is 2.33. The fraction of sp³-hybridized carbons (Fsp3) is 0. The zero-order valence-corrected chi connectivity index (χ0v) is 9.39. The molecule has 0 saturated heterocycles. The van der Waals surface area contributed by atoms with E-state index in [9.17, 15) is 4.79 Å². The van der Waals surface area contributed by atoms with Gasteiger partial charge in [-0.25, -0.2) is 0 Å². The molecular formula is C11H7IO2. The van der Waals surface area contributed by atoms with Crippen molar-refractivity contribution in [1.82, 2.24) is 0 Å². The van der Waals surface area contributed by atoms with Crippen LogP contribution in [0.25, 0.3) is 0 Å². The largest absolute Gasteiger partial charge is 0.461 e. The third kappa shape index (κ3) is 1.87. The lowest BCUT2D eigenvalue weighted by Gasteiger charge is -1.96. The lowest BCUT2D eigenvalue weighted by Crippen LogP contribution is -1.98. The number of rotatable bonds is 2. The predicted octanol–water partition coefficient (Wildman–Crippen LogP) is 3.12. The van der Waals surface area contributed by atoms with Gasteiger partial charge in [0.2, 0.25) is 5.78 Å². The van der Waals surface area contributed by atoms with Crippen LogP contribution in [0.1, 0.15) is 16.1 Å². The zero-order chi connectivity index (χ0) is 9.97. The van der Waals surface area contributed by atoms with Crippen LogP contribution in [0.3, 0.4) is 0 Å². The van der Waals surface area contributed by atoms with Gasteiger partial charge in [-0.15, -0.1) is 0 Å². The molecule has 0 amide bonds. The van der Waals surface area contributed by atoms with E-state index in [1.807, 2.05) is 12.1 Å². The highest BCUT2D eigenvalue weighted by molar-refractivity contribution is 14.1. The first-order valence-electron chi connectivity index (χ1n) is 4.11. The Kier molecular flexibility index (Phi) is 2.67. The second-order valence-corrected chi connectivity index (χ2v) is 4.06. The Labute approximate surface area is 95.1 Å². The molecule has 0 unspecified atom stereocenters. The summed E-state index contributed by atoms with van der Waals surface area (Å²) in [6, 6.07) is 10.8. The number of hydrogen-bond donors (Lipinski definition) is 0. The van der Waals surface area contributed by atoms with Crippen molar-refractivity contribution in [1.29, 1.82) is 0 Å². The van der Waals surface area contributed by atoms with Gasteiger partial charge in [0.15, 0.2) is 5.76 Å². The van der Waals surface area contributed by atoms with Crippen LogP contribution in [-0.2, 0) is 0 Å². The molecular weight excluding hydrogens is 291 g/mol. The van der Waals surface area contributed by atoms with E-state index in [1.165, 1.54) is 6.26 Å². The van der Waals surface area contributed by atoms with Crippen LogP contribution in [0.2, 0.25) is 0 Å². The van der Waals surface area contributed by atoms with Crippen LogP contribution in [0.5, 0.6) is 0 Å². The minimum Gasteiger partial charge on any atom is -0.461 e. The minimum atomic E-state index is -0.0774. The van der Waals surface area contributed by atoms with Crippen molar-refractivity contribution in [3.8, 4) is 0 Å². The first-order chi connectivity index (χ1) is 6.77. The fourth-order valence-electron chi connectivity index (χ4n) is 1.15. The number of hydrogen-bond acceptors (Lipinski definition) is 2. The second-order valence-electron chi connectivity index (χ2n) is 2.81. The number of furan rings is 1. The first-order valence-corrected chi connectivity index (χ1v) is 5.19. The fourth-order valence-corrected chi connectivity index (χ4v) is 1.51. The van der Waals surface area contributed by atoms with Gasteiger partial charge in [-0.3, -0.25) is 4.79 Å². The van der Waals surface area contributed by atoms with Gasteiger partial charge in [0.1, 0.15) is 0 Å². The van der Waals surface area contributed by atoms with Gasteiger partial charge >= 0.3 is 0 Å². The van der Waals surface area contributed by atoms with Crippen molar-refractivity contribution in [2.45, 2.75) is 0 Å². The molecule has 2 aromatic rings. The highest BCUT2D eigenvalue weighted by Gasteiger charge is 2.10. The summed E-state index contributed by atoms with van der Waals surface area (Å²) in [4.78, 5) is 11.7. The van der Waals surface area contributed by atoms with Crippen molar-refractivity contribution in [3.05, 3.63) is 57.6 Å². The molecule has 0 spiro atoms. The molecule has 0 aliphatic carbocycles. The lowest BCUT2D eigenvalue weighted by molar-refractivity contribution is 0.101. The van der Waals surface area contributed by atoms with Gasteiger partial charge < -0.3 is 4.42 Å². The molecule has 0 radical (unpaired) electrons. The predicted molar refractivity (Wildman–Crippen MR) is 61.3 cm³/mol. The van der Waals surface area contributed by atoms with Crippen molar-refractivity contribution >= 4 is 28.4 Å². The molecule has 2 rings (SSSR count). The van der Waals surface area contributed by atoms with Crippen LogP contribution < -0.4 is 0 Å². The lowest BCUT2D eigenvalue weighted by atomic mass is 10.1. The van der Waals surface area contributed by atoms with E-state index in [2.05, 4.69) is 22.6 Å². The molecule has 0 saturated carbocycles. The number of halogens is 1. The van der Waals surface area contributed by atoms with Crippen LogP contribution in [0.4, 0.5) is 0 Å². The molecule has 1 heterocycles. The standard InChI is InChI=1S/C11H7IO2/c12-9-5-3-8(4-6-9)11(13)10-2-1-7-14-10/h1-7H. The number of carbonyl (C=O) groups is 1. The van der Waals surface area contributed by atoms with Crippen molar-refractivity contribution in [2.75, 3.05) is 0 Å². The van der Waals surface area contributed by atoms with Gasteiger partial charge in [-0.05, 0) is 59.0 Å². The van der Waals surface area contributed by atoms with E-state index in [0.717, 1.165) is 3.57 Å². The summed E-state index contributed by atoms with van der Waals surface area (Å²) in [6.07, 6.45) is 1.50. The molecule has 0 N–H and O–H groups in total. The molecule has 0 fully saturated rings. The highest BCUT2D eigenvalue weighted by atomic mass is 127. The minimum absolute atomic E-state index is 0.0774. The summed E-state index contributed by atoms with van der Waals surface area (Å²) >= 11 is 2.20. The Hall–Kier alpha value is -1.10. The molecule has 0 aliphatic heterocycles. The van der Waals surface area contributed by atoms with Crippen LogP contribution in [0, 0.1) is 3.57 Å². The molecule has 14 heavy (non-hydrogen) atoms. The summed E-state index contributed by atoms with van der Waals surface area (Å²) in [7, 11) is 0. The average Bonchev–Trinajstić information content (AvgIpc) is 2.71. The zero-order valence-electron chi connectivity index (χ0n) is 7.24. The quantitative estimate of drug-likeness (QED) is 0.630. The van der Waals surface area contributed by atoms with E-state index in [-0.39, 0.29) is 5.78 Å². The Morgan fingerprint density at radius 2 is 1.86 bits per heavy atom. The average molecular weight is 298 g/mol. The summed E-state index contributed by atoms with van der Waals surface area (Å²) in [5.41, 5.74) is 0.653. The molecule has 0 atom stereocenters. The van der Waals surface area contributed by atoms with Gasteiger partial charge in [0, 0.05) is 9.13 Å². The highest BCUT2D eigenvalue weighted by Crippen LogP contribution is 2.12. The third-order valence-corrected chi connectivity index (χ3v) is 2.57. The van der Waals surface area contributed by atoms with E-state index < -0.39 is 0 Å². The summed E-state index contributed by atoms with van der Waals surface area (Å²) in [5, 5.41) is 0. The van der Waals surface area contributed by atoms with Gasteiger partial charge in [-0.2, -0.15) is 0 Å². The number of carbonyl (C=O) groups excluding carboxylic acids is 1. The van der Waals surface area contributed by atoms with Crippen LogP contribution >= 0.6 is 22.6 Å². The van der Waals surface area contributed by atoms with E-state index in [1.54, 1.807) is 24.3 Å². The molecule has 0 aliphatic rings. The summed E-state index contributed by atoms with van der Waals surface area (Å²) in [6.45, 7) is 0. The monoisotopic (exact) mass is 298 g/mol. The molecule has 3 heteroatoms. The van der Waals surface area contributed by atoms with E-state index in [0.29, 0.717) is 11.3 Å². The van der Waals surface area contributed by atoms with Crippen molar-refractivity contribution in [3.63, 3.8) is 0 Å². The SMILES string of the molecule is O=C(c1ccc(I)cc1)c1ccco1. The molecule has 1 aromatic carbocycles. The van der Waals surface area contributed by atoms with Crippen molar-refractivity contribution < 1.29 is 9.21 Å². The summed E-state index contributed by atoms with van der Waals surface area (Å²) < 4.78 is 6.14. The second kappa shape index (κ2) is 3.96. The maximum atomic E-state index is 11.7. The number of ketones is 1. The Morgan fingerprint density at radius 3 is 2.43 bits per heavy atom. The maximum absolute atomic E-state index is 11.7. The van der Waals surface area contributed by atoms with Crippen LogP contribution in [-0.4, -0.2) is 5.78 Å². The third-order valence-electron chi connectivity index (χ3n) is 1.85. The van der Waals surface area contributed by atoms with E-state index >= 15 is 0 Å². The van der Waals surface area contributed by atoms with E-state index in [4.69, 9.17) is 4.42 Å². The normalized spacial score (nSPS) is 10.1. The summed E-state index contributed by atoms with van der Waals surface area (Å²) in [5.74, 6) is 0.303. The molecule has 2 nitrogen and oxygen atoms in total. The van der Waals surface area contributed by atoms with Gasteiger partial charge in [-0.1, -0.05) is 0 Å². The van der Waals surface area contributed by atoms with Crippen molar-refractivity contribution in [2.24, 2.45) is 0 Å². The maximum Gasteiger partial charge on any atom is 0.228 e. The van der Waals surface area contributed by atoms with Crippen LogP contribution in [0.15, 0.2) is 47.1 Å².